The minimum absolute atomic E-state index is 0.183. The Bertz CT molecular complexity index is 1130. The van der Waals surface area contributed by atoms with Gasteiger partial charge in [-0.1, -0.05) is 213 Å². The monoisotopic (exact) mass is 817 g/mol. The van der Waals surface area contributed by atoms with E-state index in [0.717, 1.165) is 77.0 Å². The van der Waals surface area contributed by atoms with Crippen LogP contribution in [0.4, 0.5) is 0 Å². The van der Waals surface area contributed by atoms with Gasteiger partial charge < -0.3 is 14.6 Å². The molecule has 1 unspecified atom stereocenters. The fourth-order valence-corrected chi connectivity index (χ4v) is 6.52. The summed E-state index contributed by atoms with van der Waals surface area (Å²) in [6.45, 7) is 5.10. The number of ether oxygens (including phenoxy) is 2. The van der Waals surface area contributed by atoms with Gasteiger partial charge in [-0.2, -0.15) is 0 Å². The van der Waals surface area contributed by atoms with E-state index in [-0.39, 0.29) is 19.2 Å². The number of hydrogen-bond donors (Lipinski definition) is 1. The van der Waals surface area contributed by atoms with Crippen molar-refractivity contribution in [2.75, 3.05) is 19.8 Å². The van der Waals surface area contributed by atoms with Crippen molar-refractivity contribution in [2.45, 2.75) is 213 Å². The Balaban J connectivity index is 3.48. The highest BCUT2D eigenvalue weighted by molar-refractivity contribution is 5.69. The van der Waals surface area contributed by atoms with E-state index in [1.165, 1.54) is 109 Å². The molecule has 336 valence electrons. The van der Waals surface area contributed by atoms with Crippen LogP contribution >= 0.6 is 0 Å². The van der Waals surface area contributed by atoms with Crippen molar-refractivity contribution in [1.82, 2.24) is 0 Å². The third-order valence-corrected chi connectivity index (χ3v) is 10.1. The van der Waals surface area contributed by atoms with Crippen molar-refractivity contribution in [3.05, 3.63) is 109 Å². The van der Waals surface area contributed by atoms with Crippen molar-refractivity contribution < 1.29 is 19.4 Å². The fourth-order valence-electron chi connectivity index (χ4n) is 6.52. The van der Waals surface area contributed by atoms with Crippen molar-refractivity contribution in [3.63, 3.8) is 0 Å². The van der Waals surface area contributed by atoms with E-state index in [4.69, 9.17) is 9.47 Å². The molecule has 59 heavy (non-hydrogen) atoms. The largest absolute Gasteiger partial charge is 0.457 e. The molecule has 0 fully saturated rings. The third-order valence-electron chi connectivity index (χ3n) is 10.1. The van der Waals surface area contributed by atoms with E-state index in [1.807, 2.05) is 0 Å². The molecule has 0 aliphatic carbocycles. The molecule has 0 saturated heterocycles. The van der Waals surface area contributed by atoms with Gasteiger partial charge in [-0.3, -0.25) is 4.79 Å². The lowest BCUT2D eigenvalue weighted by molar-refractivity contribution is -0.154. The lowest BCUT2D eigenvalue weighted by atomic mass is 10.1. The third kappa shape index (κ3) is 49.3. The van der Waals surface area contributed by atoms with Crippen molar-refractivity contribution in [3.8, 4) is 0 Å². The van der Waals surface area contributed by atoms with Crippen LogP contribution in [-0.4, -0.2) is 37.0 Å². The predicted octanol–water partition coefficient (Wildman–Crippen LogP) is 16.7. The Hall–Kier alpha value is -2.95. The van der Waals surface area contributed by atoms with E-state index < -0.39 is 6.10 Å². The summed E-state index contributed by atoms with van der Waals surface area (Å²) in [5, 5.41) is 9.65. The second-order valence-electron chi connectivity index (χ2n) is 15.8. The maximum absolute atomic E-state index is 12.3. The summed E-state index contributed by atoms with van der Waals surface area (Å²) >= 11 is 0. The van der Waals surface area contributed by atoms with Gasteiger partial charge in [0.15, 0.2) is 0 Å². The van der Waals surface area contributed by atoms with Crippen LogP contribution in [-0.2, 0) is 14.3 Å². The summed E-state index contributed by atoms with van der Waals surface area (Å²) in [6, 6.07) is 0. The first-order valence-electron chi connectivity index (χ1n) is 24.5. The molecule has 0 saturated carbocycles. The van der Waals surface area contributed by atoms with Crippen LogP contribution in [0.15, 0.2) is 109 Å². The number of aliphatic hydroxyl groups excluding tert-OH is 1. The van der Waals surface area contributed by atoms with Gasteiger partial charge in [0, 0.05) is 13.0 Å². The van der Waals surface area contributed by atoms with Crippen LogP contribution in [0.1, 0.15) is 206 Å². The minimum atomic E-state index is -0.550. The molecule has 0 heterocycles. The van der Waals surface area contributed by atoms with Crippen molar-refractivity contribution in [2.24, 2.45) is 0 Å². The lowest BCUT2D eigenvalue weighted by Crippen LogP contribution is -2.27. The summed E-state index contributed by atoms with van der Waals surface area (Å²) in [5.41, 5.74) is 0. The van der Waals surface area contributed by atoms with E-state index in [9.17, 15) is 9.90 Å². The molecule has 0 spiro atoms. The van der Waals surface area contributed by atoms with Crippen molar-refractivity contribution in [1.29, 1.82) is 0 Å². The molecule has 4 heteroatoms. The highest BCUT2D eigenvalue weighted by atomic mass is 16.6. The Kier molecular flexibility index (Phi) is 48.6. The van der Waals surface area contributed by atoms with Crippen LogP contribution in [0, 0.1) is 0 Å². The first-order valence-corrected chi connectivity index (χ1v) is 24.5. The number of hydrogen-bond acceptors (Lipinski definition) is 4. The summed E-state index contributed by atoms with van der Waals surface area (Å²) < 4.78 is 11.2. The van der Waals surface area contributed by atoms with Gasteiger partial charge in [0.2, 0.25) is 0 Å². The van der Waals surface area contributed by atoms with Gasteiger partial charge in [-0.15, -0.1) is 0 Å². The molecule has 0 aromatic rings. The Labute approximate surface area is 365 Å². The Morgan fingerprint density at radius 3 is 1.07 bits per heavy atom. The van der Waals surface area contributed by atoms with E-state index >= 15 is 0 Å². The number of carbonyl (C=O) groups is 1. The van der Waals surface area contributed by atoms with Crippen LogP contribution in [0.5, 0.6) is 0 Å². The van der Waals surface area contributed by atoms with Crippen LogP contribution in [0.3, 0.4) is 0 Å². The number of carbonyl (C=O) groups excluding carboxylic acids is 1. The van der Waals surface area contributed by atoms with Gasteiger partial charge >= 0.3 is 5.97 Å². The number of aliphatic hydroxyl groups is 1. The van der Waals surface area contributed by atoms with Crippen LogP contribution in [0.2, 0.25) is 0 Å². The molecule has 0 aliphatic heterocycles. The predicted molar refractivity (Wildman–Crippen MR) is 260 cm³/mol. The van der Waals surface area contributed by atoms with Gasteiger partial charge in [-0.05, 0) is 96.3 Å². The van der Waals surface area contributed by atoms with E-state index in [2.05, 4.69) is 123 Å². The van der Waals surface area contributed by atoms with Gasteiger partial charge in [0.1, 0.15) is 6.10 Å². The Morgan fingerprint density at radius 1 is 0.407 bits per heavy atom. The number of unbranched alkanes of at least 4 members (excludes halogenated alkanes) is 18. The molecule has 0 aromatic heterocycles. The minimum Gasteiger partial charge on any atom is -0.457 e. The second-order valence-corrected chi connectivity index (χ2v) is 15.8. The van der Waals surface area contributed by atoms with Gasteiger partial charge in [0.05, 0.1) is 13.2 Å². The average molecular weight is 817 g/mol. The highest BCUT2D eigenvalue weighted by Crippen LogP contribution is 2.14. The standard InChI is InChI=1S/C55H92O4/c1-3-5-7-9-11-13-15-17-19-21-23-25-26-27-28-29-31-33-35-37-39-41-43-45-47-49-51-58-53-54(52-56)59-55(57)50-48-46-44-42-40-38-36-34-32-30-24-22-20-18-16-14-12-10-8-6-4-2/h5-8,11-14,17-20,23-25,27-28,30,54,56H,3-4,9-10,15-16,21-22,26,29,31-53H2,1-2H3/b7-5-,8-6-,13-11-,14-12-,19-17-,20-18-,25-23-,28-27-,30-24-. The smallest absolute Gasteiger partial charge is 0.306 e. The lowest BCUT2D eigenvalue weighted by Gasteiger charge is -2.16. The van der Waals surface area contributed by atoms with Gasteiger partial charge in [-0.25, -0.2) is 0 Å². The average Bonchev–Trinajstić information content (AvgIpc) is 3.24. The van der Waals surface area contributed by atoms with Crippen molar-refractivity contribution >= 4 is 5.97 Å². The number of allylic oxidation sites excluding steroid dienone is 18. The normalized spacial score (nSPS) is 13.3. The molecule has 0 amide bonds. The first kappa shape index (κ1) is 56.0. The maximum Gasteiger partial charge on any atom is 0.306 e. The van der Waals surface area contributed by atoms with E-state index in [0.29, 0.717) is 13.0 Å². The first-order chi connectivity index (χ1) is 29.2. The van der Waals surface area contributed by atoms with Crippen LogP contribution < -0.4 is 0 Å². The molecule has 0 aliphatic rings. The molecular weight excluding hydrogens is 725 g/mol. The SMILES string of the molecule is CC/C=C\C/C=C\C/C=C\C/C=C\C/C=C\CCCCCCCCCCCCOCC(CO)OC(=O)CCCCCCCCCC/C=C\C/C=C\C/C=C\C/C=C\CC. The highest BCUT2D eigenvalue weighted by Gasteiger charge is 2.13. The number of esters is 1. The molecule has 1 N–H and O–H groups in total. The van der Waals surface area contributed by atoms with Gasteiger partial charge in [0.25, 0.3) is 0 Å². The maximum atomic E-state index is 12.3. The summed E-state index contributed by atoms with van der Waals surface area (Å²) in [7, 11) is 0. The quantitative estimate of drug-likeness (QED) is 0.0378. The zero-order chi connectivity index (χ0) is 42.6. The molecule has 0 rings (SSSR count). The number of rotatable bonds is 44. The zero-order valence-electron chi connectivity index (χ0n) is 38.5. The molecule has 0 radical (unpaired) electrons. The fraction of sp³-hybridized carbons (Fsp3) is 0.655. The molecule has 4 nitrogen and oxygen atoms in total. The summed E-state index contributed by atoms with van der Waals surface area (Å²) in [4.78, 5) is 12.3. The summed E-state index contributed by atoms with van der Waals surface area (Å²) in [6.07, 6.45) is 74.5. The molecular formula is C55H92O4. The zero-order valence-corrected chi connectivity index (χ0v) is 38.5. The molecule has 0 aromatic carbocycles. The topological polar surface area (TPSA) is 55.8 Å². The van der Waals surface area contributed by atoms with Crippen LogP contribution in [0.25, 0.3) is 0 Å². The summed E-state index contributed by atoms with van der Waals surface area (Å²) in [5.74, 6) is -0.214. The molecule has 1 atom stereocenters. The second kappa shape index (κ2) is 51.2. The van der Waals surface area contributed by atoms with E-state index in [1.54, 1.807) is 0 Å². The molecule has 0 bridgehead atoms. The Morgan fingerprint density at radius 2 is 0.712 bits per heavy atom.